The summed E-state index contributed by atoms with van der Waals surface area (Å²) in [6, 6.07) is 17.9. The van der Waals surface area contributed by atoms with E-state index in [0.29, 0.717) is 39.4 Å². The van der Waals surface area contributed by atoms with Crippen LogP contribution < -0.4 is 23.8 Å². The van der Waals surface area contributed by atoms with E-state index < -0.39 is 22.5 Å². The molecule has 0 atom stereocenters. The Morgan fingerprint density at radius 1 is 0.917 bits per heavy atom. The van der Waals surface area contributed by atoms with Gasteiger partial charge in [-0.15, -0.1) is 0 Å². The van der Waals surface area contributed by atoms with Crippen LogP contribution in [0.4, 0.5) is 11.4 Å². The molecule has 1 N–H and O–H groups in total. The average Bonchev–Trinajstić information content (AvgIpc) is 2.91. The number of sulfonamides is 1. The fourth-order valence-corrected chi connectivity index (χ4v) is 5.36. The van der Waals surface area contributed by atoms with Crippen molar-refractivity contribution in [1.29, 1.82) is 0 Å². The standard InChI is InChI=1S/C26H25N3O6S/c1-33-20-9-7-19(8-10-20)29(17-26(30)28-23-12-11-21(34-2)15-24(23)35-3)36(31,32)25-6-4-5-18-16-27-14-13-22(18)25/h4-16H,17H2,1-3H3,(H,28,30). The lowest BCUT2D eigenvalue weighted by molar-refractivity contribution is -0.114. The molecular formula is C26H25N3O6S. The highest BCUT2D eigenvalue weighted by atomic mass is 32.2. The maximum Gasteiger partial charge on any atom is 0.265 e. The van der Waals surface area contributed by atoms with Gasteiger partial charge in [-0.05, 0) is 48.5 Å². The zero-order valence-corrected chi connectivity index (χ0v) is 20.8. The third kappa shape index (κ3) is 5.03. The minimum atomic E-state index is -4.16. The highest BCUT2D eigenvalue weighted by Crippen LogP contribution is 2.31. The van der Waals surface area contributed by atoms with Gasteiger partial charge in [-0.2, -0.15) is 0 Å². The molecule has 0 unspecified atom stereocenters. The Balaban J connectivity index is 1.73. The number of methoxy groups -OCH3 is 3. The summed E-state index contributed by atoms with van der Waals surface area (Å²) >= 11 is 0. The van der Waals surface area contributed by atoms with Gasteiger partial charge in [0.15, 0.2) is 0 Å². The summed E-state index contributed by atoms with van der Waals surface area (Å²) in [4.78, 5) is 17.3. The lowest BCUT2D eigenvalue weighted by Crippen LogP contribution is -2.38. The summed E-state index contributed by atoms with van der Waals surface area (Å²) in [5.41, 5.74) is 0.685. The minimum Gasteiger partial charge on any atom is -0.497 e. The van der Waals surface area contributed by atoms with Gasteiger partial charge in [-0.25, -0.2) is 8.42 Å². The highest BCUT2D eigenvalue weighted by Gasteiger charge is 2.29. The molecule has 3 aromatic carbocycles. The molecule has 10 heteroatoms. The summed E-state index contributed by atoms with van der Waals surface area (Å²) in [5.74, 6) is 0.931. The van der Waals surface area contributed by atoms with Crippen molar-refractivity contribution in [2.75, 3.05) is 37.5 Å². The van der Waals surface area contributed by atoms with E-state index in [1.165, 1.54) is 33.6 Å². The van der Waals surface area contributed by atoms with Gasteiger partial charge in [0.1, 0.15) is 23.8 Å². The molecule has 4 aromatic rings. The molecule has 0 aliphatic carbocycles. The van der Waals surface area contributed by atoms with E-state index in [0.717, 1.165) is 4.31 Å². The SMILES string of the molecule is COc1ccc(N(CC(=O)Nc2ccc(OC)cc2OC)S(=O)(=O)c2cccc3cnccc23)cc1. The molecule has 1 aromatic heterocycles. The van der Waals surface area contributed by atoms with Crippen LogP contribution in [-0.4, -0.2) is 47.2 Å². The fraction of sp³-hybridized carbons (Fsp3) is 0.154. The van der Waals surface area contributed by atoms with Gasteiger partial charge in [0, 0.05) is 29.2 Å². The van der Waals surface area contributed by atoms with Crippen LogP contribution >= 0.6 is 0 Å². The van der Waals surface area contributed by atoms with E-state index in [1.807, 2.05) is 0 Å². The fourth-order valence-electron chi connectivity index (χ4n) is 3.72. The number of rotatable bonds is 9. The van der Waals surface area contributed by atoms with Crippen molar-refractivity contribution in [2.24, 2.45) is 0 Å². The smallest absolute Gasteiger partial charge is 0.265 e. The molecule has 0 radical (unpaired) electrons. The Morgan fingerprint density at radius 2 is 1.64 bits per heavy atom. The molecule has 36 heavy (non-hydrogen) atoms. The normalized spacial score (nSPS) is 11.1. The molecular weight excluding hydrogens is 482 g/mol. The van der Waals surface area contributed by atoms with Crippen molar-refractivity contribution in [3.05, 3.63) is 79.1 Å². The third-order valence-electron chi connectivity index (χ3n) is 5.54. The Kier molecular flexibility index (Phi) is 7.25. The molecule has 4 rings (SSSR count). The van der Waals surface area contributed by atoms with Crippen molar-refractivity contribution >= 4 is 38.1 Å². The largest absolute Gasteiger partial charge is 0.497 e. The van der Waals surface area contributed by atoms with Gasteiger partial charge in [-0.1, -0.05) is 12.1 Å². The van der Waals surface area contributed by atoms with Crippen LogP contribution in [0.25, 0.3) is 10.8 Å². The van der Waals surface area contributed by atoms with Crippen LogP contribution in [0.3, 0.4) is 0 Å². The molecule has 0 fully saturated rings. The second-order valence-electron chi connectivity index (χ2n) is 7.68. The average molecular weight is 508 g/mol. The number of ether oxygens (including phenoxy) is 3. The van der Waals surface area contributed by atoms with Crippen molar-refractivity contribution in [3.8, 4) is 17.2 Å². The van der Waals surface area contributed by atoms with Crippen LogP contribution in [0.5, 0.6) is 17.2 Å². The van der Waals surface area contributed by atoms with Crippen LogP contribution in [0, 0.1) is 0 Å². The first-order valence-electron chi connectivity index (χ1n) is 10.9. The van der Waals surface area contributed by atoms with E-state index in [2.05, 4.69) is 10.3 Å². The number of hydrogen-bond donors (Lipinski definition) is 1. The molecule has 0 saturated carbocycles. The van der Waals surface area contributed by atoms with Crippen molar-refractivity contribution in [1.82, 2.24) is 4.98 Å². The van der Waals surface area contributed by atoms with Gasteiger partial charge in [0.2, 0.25) is 5.91 Å². The second-order valence-corrected chi connectivity index (χ2v) is 9.51. The Morgan fingerprint density at radius 3 is 2.33 bits per heavy atom. The number of benzene rings is 3. The number of hydrogen-bond acceptors (Lipinski definition) is 7. The van der Waals surface area contributed by atoms with Crippen molar-refractivity contribution in [3.63, 3.8) is 0 Å². The van der Waals surface area contributed by atoms with Gasteiger partial charge in [0.05, 0.1) is 37.6 Å². The number of anilines is 2. The number of nitrogens with zero attached hydrogens (tertiary/aromatic N) is 2. The first kappa shape index (κ1) is 24.8. The maximum absolute atomic E-state index is 13.9. The van der Waals surface area contributed by atoms with Crippen LogP contribution in [-0.2, 0) is 14.8 Å². The summed E-state index contributed by atoms with van der Waals surface area (Å²) in [7, 11) is 0.344. The first-order valence-corrected chi connectivity index (χ1v) is 12.3. The Bertz CT molecular complexity index is 1480. The molecule has 0 saturated heterocycles. The van der Waals surface area contributed by atoms with Gasteiger partial charge in [0.25, 0.3) is 10.0 Å². The number of carbonyl (C=O) groups is 1. The Labute approximate surface area is 209 Å². The Hall–Kier alpha value is -4.31. The first-order chi connectivity index (χ1) is 17.4. The highest BCUT2D eigenvalue weighted by molar-refractivity contribution is 7.93. The molecule has 0 aliphatic heterocycles. The van der Waals surface area contributed by atoms with Crippen LogP contribution in [0.15, 0.2) is 84.0 Å². The predicted molar refractivity (Wildman–Crippen MR) is 137 cm³/mol. The van der Waals surface area contributed by atoms with Crippen molar-refractivity contribution < 1.29 is 27.4 Å². The molecule has 0 aliphatic rings. The number of carbonyl (C=O) groups excluding carboxylic acids is 1. The van der Waals surface area contributed by atoms with Gasteiger partial charge in [-0.3, -0.25) is 14.1 Å². The number of fused-ring (bicyclic) bond motifs is 1. The molecule has 0 spiro atoms. The quantitative estimate of drug-likeness (QED) is 0.364. The van der Waals surface area contributed by atoms with Crippen LogP contribution in [0.1, 0.15) is 0 Å². The molecule has 1 heterocycles. The number of amides is 1. The zero-order chi connectivity index (χ0) is 25.7. The molecule has 0 bridgehead atoms. The van der Waals surface area contributed by atoms with E-state index in [4.69, 9.17) is 14.2 Å². The maximum atomic E-state index is 13.9. The molecule has 1 amide bonds. The number of aromatic nitrogens is 1. The molecule has 9 nitrogen and oxygen atoms in total. The topological polar surface area (TPSA) is 107 Å². The van der Waals surface area contributed by atoms with E-state index in [1.54, 1.807) is 66.9 Å². The molecule has 186 valence electrons. The van der Waals surface area contributed by atoms with E-state index in [-0.39, 0.29) is 4.90 Å². The van der Waals surface area contributed by atoms with E-state index in [9.17, 15) is 13.2 Å². The predicted octanol–water partition coefficient (Wildman–Crippen LogP) is 4.09. The zero-order valence-electron chi connectivity index (χ0n) is 20.0. The number of nitrogens with one attached hydrogen (secondary N) is 1. The number of pyridine rings is 1. The van der Waals surface area contributed by atoms with Gasteiger partial charge < -0.3 is 19.5 Å². The summed E-state index contributed by atoms with van der Waals surface area (Å²) < 4.78 is 44.7. The second kappa shape index (κ2) is 10.5. The van der Waals surface area contributed by atoms with Crippen molar-refractivity contribution in [2.45, 2.75) is 4.90 Å². The minimum absolute atomic E-state index is 0.0630. The van der Waals surface area contributed by atoms with E-state index >= 15 is 0 Å². The summed E-state index contributed by atoms with van der Waals surface area (Å²) in [6.45, 7) is -0.481. The lowest BCUT2D eigenvalue weighted by Gasteiger charge is -2.25. The third-order valence-corrected chi connectivity index (χ3v) is 7.37. The monoisotopic (exact) mass is 507 g/mol. The lowest BCUT2D eigenvalue weighted by atomic mass is 10.2. The summed E-state index contributed by atoms with van der Waals surface area (Å²) in [6.07, 6.45) is 3.12. The summed E-state index contributed by atoms with van der Waals surface area (Å²) in [5, 5.41) is 3.91. The van der Waals surface area contributed by atoms with Gasteiger partial charge >= 0.3 is 0 Å². The van der Waals surface area contributed by atoms with Crippen LogP contribution in [0.2, 0.25) is 0 Å².